The van der Waals surface area contributed by atoms with Gasteiger partial charge in [-0.15, -0.1) is 6.58 Å². The summed E-state index contributed by atoms with van der Waals surface area (Å²) >= 11 is 0. The maximum Gasteiger partial charge on any atom is 0.226 e. The van der Waals surface area contributed by atoms with Crippen LogP contribution in [-0.2, 0) is 6.42 Å². The fourth-order valence-corrected chi connectivity index (χ4v) is 1.50. The van der Waals surface area contributed by atoms with Crippen molar-refractivity contribution in [3.63, 3.8) is 0 Å². The molecule has 2 aromatic rings. The summed E-state index contributed by atoms with van der Waals surface area (Å²) in [6.07, 6.45) is 5.46. The van der Waals surface area contributed by atoms with Gasteiger partial charge in [0.2, 0.25) is 5.89 Å². The number of oxazole rings is 1. The van der Waals surface area contributed by atoms with Crippen molar-refractivity contribution in [2.75, 3.05) is 0 Å². The molecule has 0 aliphatic carbocycles. The predicted molar refractivity (Wildman–Crippen MR) is 65.2 cm³/mol. The van der Waals surface area contributed by atoms with Crippen LogP contribution in [-0.4, -0.2) is 4.98 Å². The Balaban J connectivity index is 2.17. The number of nitrogens with zero attached hydrogens (tertiary/aromatic N) is 1. The first-order valence-corrected chi connectivity index (χ1v) is 5.42. The largest absolute Gasteiger partial charge is 0.441 e. The summed E-state index contributed by atoms with van der Waals surface area (Å²) in [6.45, 7) is 5.75. The first kappa shape index (κ1) is 10.7. The van der Waals surface area contributed by atoms with Crippen LogP contribution in [0.2, 0.25) is 0 Å². The molecule has 0 atom stereocenters. The van der Waals surface area contributed by atoms with Gasteiger partial charge in [-0.1, -0.05) is 23.8 Å². The lowest BCUT2D eigenvalue weighted by Crippen LogP contribution is -1.78. The van der Waals surface area contributed by atoms with E-state index in [1.165, 1.54) is 5.56 Å². The van der Waals surface area contributed by atoms with Crippen molar-refractivity contribution in [3.8, 4) is 11.5 Å². The van der Waals surface area contributed by atoms with Crippen LogP contribution in [0, 0.1) is 6.92 Å². The van der Waals surface area contributed by atoms with Gasteiger partial charge in [0.1, 0.15) is 5.76 Å². The number of allylic oxidation sites excluding steroid dienone is 1. The summed E-state index contributed by atoms with van der Waals surface area (Å²) in [4.78, 5) is 4.27. The fourth-order valence-electron chi connectivity index (χ4n) is 1.50. The van der Waals surface area contributed by atoms with Crippen molar-refractivity contribution in [3.05, 3.63) is 54.4 Å². The van der Waals surface area contributed by atoms with E-state index in [9.17, 15) is 0 Å². The van der Waals surface area contributed by atoms with Crippen LogP contribution in [0.5, 0.6) is 0 Å². The van der Waals surface area contributed by atoms with Gasteiger partial charge < -0.3 is 4.42 Å². The van der Waals surface area contributed by atoms with E-state index in [2.05, 4.69) is 30.6 Å². The first-order valence-electron chi connectivity index (χ1n) is 5.42. The van der Waals surface area contributed by atoms with Gasteiger partial charge >= 0.3 is 0 Å². The number of aromatic nitrogens is 1. The number of hydrogen-bond donors (Lipinski definition) is 0. The van der Waals surface area contributed by atoms with Gasteiger partial charge in [0.05, 0.1) is 6.20 Å². The molecule has 1 aromatic heterocycles. The summed E-state index contributed by atoms with van der Waals surface area (Å²) in [5.74, 6) is 1.61. The van der Waals surface area contributed by atoms with E-state index in [0.29, 0.717) is 5.89 Å². The lowest BCUT2D eigenvalue weighted by Gasteiger charge is -1.96. The smallest absolute Gasteiger partial charge is 0.226 e. The second kappa shape index (κ2) is 4.79. The molecule has 82 valence electrons. The second-order valence-corrected chi connectivity index (χ2v) is 3.83. The van der Waals surface area contributed by atoms with Gasteiger partial charge in [0, 0.05) is 12.0 Å². The molecular weight excluding hydrogens is 198 g/mol. The molecule has 0 radical (unpaired) electrons. The molecule has 2 rings (SSSR count). The fraction of sp³-hybridized carbons (Fsp3) is 0.214. The standard InChI is InChI=1S/C14H15NO/c1-3-4-5-13-10-15-14(16-13)12-8-6-11(2)7-9-12/h3,6-10H,1,4-5H2,2H3. The van der Waals surface area contributed by atoms with Gasteiger partial charge in [0.25, 0.3) is 0 Å². The van der Waals surface area contributed by atoms with Crippen molar-refractivity contribution >= 4 is 0 Å². The zero-order valence-corrected chi connectivity index (χ0v) is 9.44. The molecule has 0 amide bonds. The monoisotopic (exact) mass is 213 g/mol. The van der Waals surface area contributed by atoms with Gasteiger partial charge in [0.15, 0.2) is 0 Å². The molecule has 1 aromatic carbocycles. The molecule has 2 nitrogen and oxygen atoms in total. The SMILES string of the molecule is C=CCCc1cnc(-c2ccc(C)cc2)o1. The minimum Gasteiger partial charge on any atom is -0.441 e. The van der Waals surface area contributed by atoms with E-state index < -0.39 is 0 Å². The summed E-state index contributed by atoms with van der Waals surface area (Å²) in [6, 6.07) is 8.17. The first-order chi connectivity index (χ1) is 7.79. The summed E-state index contributed by atoms with van der Waals surface area (Å²) in [7, 11) is 0. The van der Waals surface area contributed by atoms with Crippen molar-refractivity contribution in [1.29, 1.82) is 0 Å². The lowest BCUT2D eigenvalue weighted by molar-refractivity contribution is 0.518. The molecule has 0 fully saturated rings. The Bertz CT molecular complexity index is 468. The molecule has 1 heterocycles. The minimum absolute atomic E-state index is 0.694. The van der Waals surface area contributed by atoms with Crippen molar-refractivity contribution < 1.29 is 4.42 Å². The molecule has 0 aliphatic heterocycles. The third-order valence-electron chi connectivity index (χ3n) is 2.45. The average molecular weight is 213 g/mol. The number of benzene rings is 1. The highest BCUT2D eigenvalue weighted by Gasteiger charge is 2.05. The third kappa shape index (κ3) is 2.40. The Labute approximate surface area is 95.6 Å². The Morgan fingerprint density at radius 1 is 1.31 bits per heavy atom. The highest BCUT2D eigenvalue weighted by molar-refractivity contribution is 5.53. The molecular formula is C14H15NO. The highest BCUT2D eigenvalue weighted by atomic mass is 16.4. The molecule has 0 unspecified atom stereocenters. The van der Waals surface area contributed by atoms with Crippen molar-refractivity contribution in [2.45, 2.75) is 19.8 Å². The Kier molecular flexibility index (Phi) is 3.20. The van der Waals surface area contributed by atoms with Crippen LogP contribution in [0.4, 0.5) is 0 Å². The average Bonchev–Trinajstić information content (AvgIpc) is 2.76. The number of hydrogen-bond acceptors (Lipinski definition) is 2. The van der Waals surface area contributed by atoms with Gasteiger partial charge in [-0.2, -0.15) is 0 Å². The van der Waals surface area contributed by atoms with Gasteiger partial charge in [-0.3, -0.25) is 0 Å². The topological polar surface area (TPSA) is 26.0 Å². The number of rotatable bonds is 4. The van der Waals surface area contributed by atoms with E-state index in [0.717, 1.165) is 24.2 Å². The van der Waals surface area contributed by atoms with E-state index in [-0.39, 0.29) is 0 Å². The van der Waals surface area contributed by atoms with Crippen LogP contribution >= 0.6 is 0 Å². The molecule has 0 saturated carbocycles. The highest BCUT2D eigenvalue weighted by Crippen LogP contribution is 2.20. The van der Waals surface area contributed by atoms with Crippen molar-refractivity contribution in [2.24, 2.45) is 0 Å². The molecule has 0 aliphatic rings. The van der Waals surface area contributed by atoms with Crippen LogP contribution < -0.4 is 0 Å². The molecule has 0 N–H and O–H groups in total. The predicted octanol–water partition coefficient (Wildman–Crippen LogP) is 3.77. The maximum absolute atomic E-state index is 5.65. The summed E-state index contributed by atoms with van der Waals surface area (Å²) in [5.41, 5.74) is 2.26. The van der Waals surface area contributed by atoms with E-state index in [1.807, 2.05) is 18.2 Å². The van der Waals surface area contributed by atoms with Gasteiger partial charge in [-0.05, 0) is 25.5 Å². The molecule has 0 bridgehead atoms. The third-order valence-corrected chi connectivity index (χ3v) is 2.45. The molecule has 0 saturated heterocycles. The lowest BCUT2D eigenvalue weighted by atomic mass is 10.1. The molecule has 0 spiro atoms. The quantitative estimate of drug-likeness (QED) is 0.722. The van der Waals surface area contributed by atoms with E-state index >= 15 is 0 Å². The zero-order chi connectivity index (χ0) is 11.4. The Morgan fingerprint density at radius 3 is 2.75 bits per heavy atom. The molecule has 16 heavy (non-hydrogen) atoms. The maximum atomic E-state index is 5.65. The van der Waals surface area contributed by atoms with Crippen LogP contribution in [0.15, 0.2) is 47.5 Å². The van der Waals surface area contributed by atoms with E-state index in [4.69, 9.17) is 4.42 Å². The summed E-state index contributed by atoms with van der Waals surface area (Å²) < 4.78 is 5.65. The second-order valence-electron chi connectivity index (χ2n) is 3.83. The van der Waals surface area contributed by atoms with Crippen LogP contribution in [0.1, 0.15) is 17.7 Å². The number of aryl methyl sites for hydroxylation is 2. The zero-order valence-electron chi connectivity index (χ0n) is 9.44. The van der Waals surface area contributed by atoms with E-state index in [1.54, 1.807) is 6.20 Å². The van der Waals surface area contributed by atoms with Gasteiger partial charge in [-0.25, -0.2) is 4.98 Å². The summed E-state index contributed by atoms with van der Waals surface area (Å²) in [5, 5.41) is 0. The molecule has 2 heteroatoms. The van der Waals surface area contributed by atoms with Crippen LogP contribution in [0.3, 0.4) is 0 Å². The van der Waals surface area contributed by atoms with Crippen molar-refractivity contribution in [1.82, 2.24) is 4.98 Å². The Hall–Kier alpha value is -1.83. The van der Waals surface area contributed by atoms with Crippen LogP contribution in [0.25, 0.3) is 11.5 Å². The Morgan fingerprint density at radius 2 is 2.06 bits per heavy atom. The normalized spacial score (nSPS) is 10.3. The minimum atomic E-state index is 0.694.